The van der Waals surface area contributed by atoms with E-state index in [1.165, 1.54) is 6.20 Å². The summed E-state index contributed by atoms with van der Waals surface area (Å²) in [5, 5.41) is 20.1. The summed E-state index contributed by atoms with van der Waals surface area (Å²) in [5.74, 6) is -0.203. The van der Waals surface area contributed by atoms with Crippen molar-refractivity contribution >= 4 is 11.6 Å². The molecule has 3 N–H and O–H groups in total. The monoisotopic (exact) mass is 337 g/mol. The molecule has 128 valence electrons. The molecule has 1 aliphatic rings. The molecule has 1 fully saturated rings. The standard InChI is InChI=1S/C18H19N5O2/c24-16-11-19-8-13(16)9-21-18(25)14-10-22-23-15(6-7-20-17(14)23)12-4-2-1-3-5-12/h1-7,10,13,16,19,24H,8-9,11H2,(H,21,25). The number of nitrogens with zero attached hydrogens (tertiary/aromatic N) is 3. The smallest absolute Gasteiger partial charge is 0.256 e. The van der Waals surface area contributed by atoms with Crippen molar-refractivity contribution in [1.82, 2.24) is 25.2 Å². The first-order chi connectivity index (χ1) is 12.2. The molecule has 0 saturated carbocycles. The van der Waals surface area contributed by atoms with Gasteiger partial charge in [-0.1, -0.05) is 30.3 Å². The second kappa shape index (κ2) is 6.62. The Morgan fingerprint density at radius 3 is 2.88 bits per heavy atom. The number of benzene rings is 1. The van der Waals surface area contributed by atoms with Gasteiger partial charge in [-0.25, -0.2) is 9.50 Å². The predicted octanol–water partition coefficient (Wildman–Crippen LogP) is 0.706. The number of aliphatic hydroxyl groups is 1. The Balaban J connectivity index is 1.59. The highest BCUT2D eigenvalue weighted by Gasteiger charge is 2.26. The number of amides is 1. The molecule has 1 amide bonds. The van der Waals surface area contributed by atoms with Crippen molar-refractivity contribution < 1.29 is 9.90 Å². The molecule has 3 heterocycles. The maximum absolute atomic E-state index is 12.5. The SMILES string of the molecule is O=C(NCC1CNCC1O)c1cnn2c(-c3ccccc3)ccnc12. The predicted molar refractivity (Wildman–Crippen MR) is 93.1 cm³/mol. The molecule has 2 atom stereocenters. The number of carbonyl (C=O) groups excluding carboxylic acids is 1. The Kier molecular flexibility index (Phi) is 4.17. The van der Waals surface area contributed by atoms with Crippen LogP contribution in [-0.2, 0) is 0 Å². The van der Waals surface area contributed by atoms with Crippen LogP contribution in [0.15, 0.2) is 48.8 Å². The van der Waals surface area contributed by atoms with Gasteiger partial charge in [-0.3, -0.25) is 4.79 Å². The molecule has 7 heteroatoms. The first kappa shape index (κ1) is 15.7. The fourth-order valence-electron chi connectivity index (χ4n) is 3.13. The molecule has 1 aromatic carbocycles. The van der Waals surface area contributed by atoms with Crippen molar-refractivity contribution in [2.75, 3.05) is 19.6 Å². The van der Waals surface area contributed by atoms with Crippen molar-refractivity contribution in [1.29, 1.82) is 0 Å². The molecule has 0 bridgehead atoms. The van der Waals surface area contributed by atoms with Gasteiger partial charge in [0.25, 0.3) is 5.91 Å². The van der Waals surface area contributed by atoms with Crippen molar-refractivity contribution in [2.24, 2.45) is 5.92 Å². The van der Waals surface area contributed by atoms with Crippen LogP contribution < -0.4 is 10.6 Å². The third-order valence-corrected chi connectivity index (χ3v) is 4.54. The molecule has 1 saturated heterocycles. The summed E-state index contributed by atoms with van der Waals surface area (Å²) in [7, 11) is 0. The molecule has 1 aliphatic heterocycles. The Bertz CT molecular complexity index is 893. The van der Waals surface area contributed by atoms with Crippen LogP contribution in [0.3, 0.4) is 0 Å². The first-order valence-corrected chi connectivity index (χ1v) is 8.29. The number of fused-ring (bicyclic) bond motifs is 1. The summed E-state index contributed by atoms with van der Waals surface area (Å²) in [6.07, 6.45) is 2.79. The van der Waals surface area contributed by atoms with Gasteiger partial charge < -0.3 is 15.7 Å². The Morgan fingerprint density at radius 2 is 2.12 bits per heavy atom. The van der Waals surface area contributed by atoms with E-state index < -0.39 is 6.10 Å². The van der Waals surface area contributed by atoms with Gasteiger partial charge in [0.15, 0.2) is 5.65 Å². The molecule has 2 aromatic heterocycles. The lowest BCUT2D eigenvalue weighted by Gasteiger charge is -2.13. The lowest BCUT2D eigenvalue weighted by molar-refractivity contribution is 0.0928. The van der Waals surface area contributed by atoms with E-state index in [2.05, 4.69) is 20.7 Å². The van der Waals surface area contributed by atoms with E-state index in [0.29, 0.717) is 30.8 Å². The zero-order valence-corrected chi connectivity index (χ0v) is 13.6. The van der Waals surface area contributed by atoms with Gasteiger partial charge in [-0.05, 0) is 6.07 Å². The highest BCUT2D eigenvalue weighted by molar-refractivity contribution is 5.99. The van der Waals surface area contributed by atoms with Crippen molar-refractivity contribution in [2.45, 2.75) is 6.10 Å². The Labute approximate surface area is 144 Å². The Hall–Kier alpha value is -2.77. The van der Waals surface area contributed by atoms with Gasteiger partial charge in [0.2, 0.25) is 0 Å². The van der Waals surface area contributed by atoms with Gasteiger partial charge in [-0.15, -0.1) is 0 Å². The van der Waals surface area contributed by atoms with Crippen LogP contribution >= 0.6 is 0 Å². The normalized spacial score (nSPS) is 20.0. The Morgan fingerprint density at radius 1 is 1.28 bits per heavy atom. The number of carbonyl (C=O) groups is 1. The fourth-order valence-corrected chi connectivity index (χ4v) is 3.13. The molecular weight excluding hydrogens is 318 g/mol. The minimum absolute atomic E-state index is 0.0265. The number of nitrogens with one attached hydrogen (secondary N) is 2. The lowest BCUT2D eigenvalue weighted by atomic mass is 10.1. The highest BCUT2D eigenvalue weighted by Crippen LogP contribution is 2.20. The topological polar surface area (TPSA) is 91.5 Å². The van der Waals surface area contributed by atoms with Crippen LogP contribution in [0.4, 0.5) is 0 Å². The first-order valence-electron chi connectivity index (χ1n) is 8.29. The maximum Gasteiger partial charge on any atom is 0.256 e. The second-order valence-electron chi connectivity index (χ2n) is 6.19. The average Bonchev–Trinajstić information content (AvgIpc) is 3.26. The molecule has 0 aliphatic carbocycles. The zero-order chi connectivity index (χ0) is 17.2. The average molecular weight is 337 g/mol. The lowest BCUT2D eigenvalue weighted by Crippen LogP contribution is -2.34. The van der Waals surface area contributed by atoms with Crippen LogP contribution in [0, 0.1) is 5.92 Å². The van der Waals surface area contributed by atoms with E-state index in [4.69, 9.17) is 0 Å². The van der Waals surface area contributed by atoms with Crippen molar-refractivity contribution in [3.63, 3.8) is 0 Å². The van der Waals surface area contributed by atoms with Crippen molar-refractivity contribution in [3.8, 4) is 11.3 Å². The minimum Gasteiger partial charge on any atom is -0.391 e. The summed E-state index contributed by atoms with van der Waals surface area (Å²) < 4.78 is 1.68. The molecule has 4 rings (SSSR count). The summed E-state index contributed by atoms with van der Waals surface area (Å²) in [6.45, 7) is 1.69. The summed E-state index contributed by atoms with van der Waals surface area (Å²) in [5.41, 5.74) is 2.83. The third-order valence-electron chi connectivity index (χ3n) is 4.54. The fraction of sp³-hybridized carbons (Fsp3) is 0.278. The van der Waals surface area contributed by atoms with Crippen molar-refractivity contribution in [3.05, 3.63) is 54.4 Å². The van der Waals surface area contributed by atoms with E-state index in [1.54, 1.807) is 10.7 Å². The number of β-amino-alcohol motifs (C(OH)–C–C–N with tert-alkyl or cyclic N) is 1. The van der Waals surface area contributed by atoms with E-state index in [0.717, 1.165) is 11.3 Å². The van der Waals surface area contributed by atoms with E-state index >= 15 is 0 Å². The molecule has 2 unspecified atom stereocenters. The van der Waals surface area contributed by atoms with E-state index in [-0.39, 0.29) is 11.8 Å². The second-order valence-corrected chi connectivity index (χ2v) is 6.19. The van der Waals surface area contributed by atoms with Gasteiger partial charge in [0.05, 0.1) is 18.0 Å². The minimum atomic E-state index is -0.424. The van der Waals surface area contributed by atoms with Crippen LogP contribution in [0.5, 0.6) is 0 Å². The quantitative estimate of drug-likeness (QED) is 0.652. The molecule has 3 aromatic rings. The summed E-state index contributed by atoms with van der Waals surface area (Å²) in [4.78, 5) is 16.8. The van der Waals surface area contributed by atoms with Crippen LogP contribution in [-0.4, -0.2) is 51.4 Å². The van der Waals surface area contributed by atoms with Crippen LogP contribution in [0.2, 0.25) is 0 Å². The number of aromatic nitrogens is 3. The molecule has 0 spiro atoms. The van der Waals surface area contributed by atoms with Gasteiger partial charge in [0, 0.05) is 37.3 Å². The number of aliphatic hydroxyl groups excluding tert-OH is 1. The molecule has 7 nitrogen and oxygen atoms in total. The highest BCUT2D eigenvalue weighted by atomic mass is 16.3. The maximum atomic E-state index is 12.5. The molecule has 25 heavy (non-hydrogen) atoms. The third kappa shape index (κ3) is 2.99. The van der Waals surface area contributed by atoms with Crippen LogP contribution in [0.1, 0.15) is 10.4 Å². The number of rotatable bonds is 4. The molecular formula is C18H19N5O2. The van der Waals surface area contributed by atoms with Gasteiger partial charge >= 0.3 is 0 Å². The van der Waals surface area contributed by atoms with Gasteiger partial charge in [0.1, 0.15) is 5.56 Å². The van der Waals surface area contributed by atoms with E-state index in [9.17, 15) is 9.90 Å². The van der Waals surface area contributed by atoms with Gasteiger partial charge in [-0.2, -0.15) is 5.10 Å². The van der Waals surface area contributed by atoms with E-state index in [1.807, 2.05) is 36.4 Å². The number of hydrogen-bond acceptors (Lipinski definition) is 5. The summed E-state index contributed by atoms with van der Waals surface area (Å²) >= 11 is 0. The van der Waals surface area contributed by atoms with Crippen LogP contribution in [0.25, 0.3) is 16.9 Å². The summed E-state index contributed by atoms with van der Waals surface area (Å²) in [6, 6.07) is 11.7. The number of hydrogen-bond donors (Lipinski definition) is 3. The molecule has 0 radical (unpaired) electrons. The largest absolute Gasteiger partial charge is 0.391 e. The zero-order valence-electron chi connectivity index (χ0n) is 13.6.